The zero-order valence-corrected chi connectivity index (χ0v) is 15.7. The summed E-state index contributed by atoms with van der Waals surface area (Å²) >= 11 is 0. The molecule has 2 heterocycles. The minimum atomic E-state index is -0.186. The second kappa shape index (κ2) is 7.48. The highest BCUT2D eigenvalue weighted by molar-refractivity contribution is 5.97. The summed E-state index contributed by atoms with van der Waals surface area (Å²) in [5.41, 5.74) is 2.03. The number of anilines is 1. The Hall–Kier alpha value is -2.73. The average Bonchev–Trinajstić information content (AvgIpc) is 2.72. The van der Waals surface area contributed by atoms with Crippen molar-refractivity contribution in [2.45, 2.75) is 19.5 Å². The normalized spacial score (nSPS) is 19.9. The van der Waals surface area contributed by atoms with Gasteiger partial charge in [-0.2, -0.15) is 0 Å². The summed E-state index contributed by atoms with van der Waals surface area (Å²) in [5.74, 6) is 2.48. The molecule has 1 amide bonds. The molecule has 0 saturated carbocycles. The Morgan fingerprint density at radius 3 is 2.52 bits per heavy atom. The highest BCUT2D eigenvalue weighted by Gasteiger charge is 2.32. The van der Waals surface area contributed by atoms with Gasteiger partial charge in [0.15, 0.2) is 11.5 Å². The molecular weight excluding hydrogens is 344 g/mol. The summed E-state index contributed by atoms with van der Waals surface area (Å²) < 4.78 is 16.4. The van der Waals surface area contributed by atoms with Gasteiger partial charge in [-0.1, -0.05) is 6.07 Å². The molecular formula is C21H24N2O4. The van der Waals surface area contributed by atoms with Gasteiger partial charge < -0.3 is 19.1 Å². The van der Waals surface area contributed by atoms with Crippen LogP contribution in [0.4, 0.5) is 5.69 Å². The van der Waals surface area contributed by atoms with Gasteiger partial charge in [0.25, 0.3) is 0 Å². The number of ether oxygens (including phenoxy) is 3. The second-order valence-corrected chi connectivity index (χ2v) is 6.81. The maximum atomic E-state index is 12.9. The number of piperazine rings is 1. The van der Waals surface area contributed by atoms with Gasteiger partial charge in [0.1, 0.15) is 19.0 Å². The van der Waals surface area contributed by atoms with E-state index in [-0.39, 0.29) is 11.9 Å². The van der Waals surface area contributed by atoms with Crippen molar-refractivity contribution in [1.82, 2.24) is 4.90 Å². The van der Waals surface area contributed by atoms with E-state index in [1.807, 2.05) is 54.3 Å². The smallest absolute Gasteiger partial charge is 0.244 e. The van der Waals surface area contributed by atoms with Crippen LogP contribution in [-0.4, -0.2) is 50.3 Å². The van der Waals surface area contributed by atoms with Gasteiger partial charge in [0.2, 0.25) is 5.91 Å². The lowest BCUT2D eigenvalue weighted by Crippen LogP contribution is -2.55. The number of nitrogens with zero attached hydrogens (tertiary/aromatic N) is 2. The van der Waals surface area contributed by atoms with Crippen LogP contribution in [0.1, 0.15) is 12.5 Å². The molecule has 1 saturated heterocycles. The first kappa shape index (κ1) is 17.7. The van der Waals surface area contributed by atoms with Gasteiger partial charge >= 0.3 is 0 Å². The number of fused-ring (bicyclic) bond motifs is 1. The van der Waals surface area contributed by atoms with Gasteiger partial charge in [-0.25, -0.2) is 0 Å². The molecule has 0 aliphatic carbocycles. The lowest BCUT2D eigenvalue weighted by atomic mass is 10.1. The summed E-state index contributed by atoms with van der Waals surface area (Å²) in [6.07, 6.45) is 0. The van der Waals surface area contributed by atoms with E-state index in [2.05, 4.69) is 4.90 Å². The van der Waals surface area contributed by atoms with Gasteiger partial charge in [-0.3, -0.25) is 9.69 Å². The van der Waals surface area contributed by atoms with E-state index in [9.17, 15) is 4.79 Å². The fraction of sp³-hybridized carbons (Fsp3) is 0.381. The third-order valence-corrected chi connectivity index (χ3v) is 5.16. The number of benzene rings is 2. The molecule has 2 aromatic rings. The zero-order valence-electron chi connectivity index (χ0n) is 15.7. The van der Waals surface area contributed by atoms with Crippen LogP contribution in [0.25, 0.3) is 0 Å². The van der Waals surface area contributed by atoms with Gasteiger partial charge in [0.05, 0.1) is 13.2 Å². The Kier molecular flexibility index (Phi) is 4.90. The molecule has 6 nitrogen and oxygen atoms in total. The zero-order chi connectivity index (χ0) is 18.8. The SMILES string of the molecule is COc1ccc(N2CCN(Cc3ccc4c(c3)OCCO4)C(C)C2=O)cc1. The second-order valence-electron chi connectivity index (χ2n) is 6.81. The first-order valence-corrected chi connectivity index (χ1v) is 9.24. The number of methoxy groups -OCH3 is 1. The predicted molar refractivity (Wildman–Crippen MR) is 103 cm³/mol. The van der Waals surface area contributed by atoms with Crippen LogP contribution in [-0.2, 0) is 11.3 Å². The van der Waals surface area contributed by atoms with Crippen molar-refractivity contribution < 1.29 is 19.0 Å². The standard InChI is InChI=1S/C21H24N2O4/c1-15-21(24)23(17-4-6-18(25-2)7-5-17)10-9-22(15)14-16-3-8-19-20(13-16)27-12-11-26-19/h3-8,13,15H,9-12,14H2,1-2H3. The van der Waals surface area contributed by atoms with Gasteiger partial charge in [-0.15, -0.1) is 0 Å². The maximum absolute atomic E-state index is 12.9. The molecule has 2 aliphatic rings. The lowest BCUT2D eigenvalue weighted by Gasteiger charge is -2.39. The Morgan fingerprint density at radius 2 is 1.78 bits per heavy atom. The molecule has 0 aromatic heterocycles. The molecule has 2 aromatic carbocycles. The van der Waals surface area contributed by atoms with E-state index in [1.165, 1.54) is 0 Å². The summed E-state index contributed by atoms with van der Waals surface area (Å²) in [6, 6.07) is 13.4. The van der Waals surface area contributed by atoms with Crippen LogP contribution in [0, 0.1) is 0 Å². The number of carbonyl (C=O) groups is 1. The van der Waals surface area contributed by atoms with Crippen LogP contribution < -0.4 is 19.1 Å². The maximum Gasteiger partial charge on any atom is 0.244 e. The number of carbonyl (C=O) groups excluding carboxylic acids is 1. The average molecular weight is 368 g/mol. The molecule has 4 rings (SSSR count). The number of amides is 1. The van der Waals surface area contributed by atoms with E-state index in [0.29, 0.717) is 26.3 Å². The molecule has 6 heteroatoms. The topological polar surface area (TPSA) is 51.2 Å². The first-order valence-electron chi connectivity index (χ1n) is 9.24. The number of hydrogen-bond acceptors (Lipinski definition) is 5. The summed E-state index contributed by atoms with van der Waals surface area (Å²) in [5, 5.41) is 0. The lowest BCUT2D eigenvalue weighted by molar-refractivity contribution is -0.125. The number of rotatable bonds is 4. The number of hydrogen-bond donors (Lipinski definition) is 0. The molecule has 1 fully saturated rings. The molecule has 0 radical (unpaired) electrons. The fourth-order valence-electron chi connectivity index (χ4n) is 3.57. The van der Waals surface area contributed by atoms with Crippen molar-refractivity contribution >= 4 is 11.6 Å². The Morgan fingerprint density at radius 1 is 1.04 bits per heavy atom. The van der Waals surface area contributed by atoms with Crippen molar-refractivity contribution in [1.29, 1.82) is 0 Å². The Bertz CT molecular complexity index is 821. The first-order chi connectivity index (χ1) is 13.2. The molecule has 142 valence electrons. The fourth-order valence-corrected chi connectivity index (χ4v) is 3.57. The third kappa shape index (κ3) is 3.57. The summed E-state index contributed by atoms with van der Waals surface area (Å²) in [6.45, 7) is 5.32. The highest BCUT2D eigenvalue weighted by atomic mass is 16.6. The summed E-state index contributed by atoms with van der Waals surface area (Å²) in [7, 11) is 1.64. The third-order valence-electron chi connectivity index (χ3n) is 5.16. The largest absolute Gasteiger partial charge is 0.497 e. The van der Waals surface area contributed by atoms with Crippen molar-refractivity contribution in [3.8, 4) is 17.2 Å². The highest BCUT2D eigenvalue weighted by Crippen LogP contribution is 2.32. The van der Waals surface area contributed by atoms with Crippen molar-refractivity contribution in [3.05, 3.63) is 48.0 Å². The quantitative estimate of drug-likeness (QED) is 0.831. The van der Waals surface area contributed by atoms with Crippen LogP contribution in [0.15, 0.2) is 42.5 Å². The van der Waals surface area contributed by atoms with E-state index < -0.39 is 0 Å². The van der Waals surface area contributed by atoms with Gasteiger partial charge in [-0.05, 0) is 48.9 Å². The molecule has 0 N–H and O–H groups in total. The Balaban J connectivity index is 1.45. The molecule has 0 bridgehead atoms. The van der Waals surface area contributed by atoms with Crippen LogP contribution >= 0.6 is 0 Å². The predicted octanol–water partition coefficient (Wildman–Crippen LogP) is 2.70. The van der Waals surface area contributed by atoms with Crippen molar-refractivity contribution in [2.75, 3.05) is 38.3 Å². The Labute approximate surface area is 159 Å². The molecule has 2 aliphatic heterocycles. The summed E-state index contributed by atoms with van der Waals surface area (Å²) in [4.78, 5) is 17.0. The van der Waals surface area contributed by atoms with E-state index in [1.54, 1.807) is 7.11 Å². The van der Waals surface area contributed by atoms with Crippen molar-refractivity contribution in [3.63, 3.8) is 0 Å². The molecule has 0 spiro atoms. The van der Waals surface area contributed by atoms with E-state index >= 15 is 0 Å². The molecule has 1 atom stereocenters. The van der Waals surface area contributed by atoms with E-state index in [0.717, 1.165) is 35.0 Å². The van der Waals surface area contributed by atoms with Crippen molar-refractivity contribution in [2.24, 2.45) is 0 Å². The van der Waals surface area contributed by atoms with Crippen LogP contribution in [0.2, 0.25) is 0 Å². The van der Waals surface area contributed by atoms with E-state index in [4.69, 9.17) is 14.2 Å². The minimum absolute atomic E-state index is 0.115. The van der Waals surface area contributed by atoms with Crippen LogP contribution in [0.3, 0.4) is 0 Å². The molecule has 1 unspecified atom stereocenters. The molecule has 27 heavy (non-hydrogen) atoms. The monoisotopic (exact) mass is 368 g/mol. The van der Waals surface area contributed by atoms with Crippen LogP contribution in [0.5, 0.6) is 17.2 Å². The minimum Gasteiger partial charge on any atom is -0.497 e. The van der Waals surface area contributed by atoms with Gasteiger partial charge in [0, 0.05) is 25.3 Å².